The van der Waals surface area contributed by atoms with Crippen LogP contribution in [0.4, 0.5) is 0 Å². The van der Waals surface area contributed by atoms with Crippen molar-refractivity contribution in [3.05, 3.63) is 35.4 Å². The van der Waals surface area contributed by atoms with Gasteiger partial charge in [0.05, 0.1) is 11.5 Å². The Morgan fingerprint density at radius 3 is 2.60 bits per heavy atom. The topological polar surface area (TPSA) is 28.4 Å². The number of carbonyl (C=O) groups is 1. The van der Waals surface area contributed by atoms with E-state index in [9.17, 15) is 4.79 Å². The number of rotatable bonds is 1. The Morgan fingerprint density at radius 1 is 1.33 bits per heavy atom. The van der Waals surface area contributed by atoms with Crippen molar-refractivity contribution in [2.24, 2.45) is 5.92 Å². The number of hydrogen-bond acceptors (Lipinski definition) is 1. The summed E-state index contributed by atoms with van der Waals surface area (Å²) in [7, 11) is 1.69. The number of Topliss-reactive ketones (excluding diaryl/α,β-unsaturated/α-hetero) is 1. The van der Waals surface area contributed by atoms with Crippen molar-refractivity contribution in [1.82, 2.24) is 0 Å². The third-order valence-electron chi connectivity index (χ3n) is 3.01. The van der Waals surface area contributed by atoms with E-state index in [1.165, 1.54) is 0 Å². The monoisotopic (exact) mass is 203 g/mol. The molecule has 1 aromatic carbocycles. The third-order valence-corrected chi connectivity index (χ3v) is 3.01. The van der Waals surface area contributed by atoms with E-state index in [1.54, 1.807) is 7.11 Å². The number of carbonyl (C=O) groups excluding carboxylic acids is 2. The van der Waals surface area contributed by atoms with Gasteiger partial charge in [0.25, 0.3) is 7.11 Å². The molecule has 0 N–H and O–H groups in total. The lowest BCUT2D eigenvalue weighted by Crippen LogP contribution is -2.27. The van der Waals surface area contributed by atoms with Gasteiger partial charge in [0, 0.05) is 12.0 Å². The molecule has 2 nitrogen and oxygen atoms in total. The molecule has 0 spiro atoms. The second-order valence-corrected chi connectivity index (χ2v) is 3.85. The van der Waals surface area contributed by atoms with Crippen LogP contribution in [0.1, 0.15) is 40.1 Å². The van der Waals surface area contributed by atoms with Crippen molar-refractivity contribution in [3.8, 4) is 0 Å². The molecule has 1 aliphatic rings. The minimum atomic E-state index is 0.234. The van der Waals surface area contributed by atoms with Gasteiger partial charge in [0.2, 0.25) is 0 Å². The van der Waals surface area contributed by atoms with Gasteiger partial charge in [-0.2, -0.15) is 0 Å². The highest BCUT2D eigenvalue weighted by Gasteiger charge is 2.36. The molecule has 2 heteroatoms. The zero-order valence-electron chi connectivity index (χ0n) is 9.12. The van der Waals surface area contributed by atoms with E-state index in [0.29, 0.717) is 6.42 Å². The van der Waals surface area contributed by atoms with Crippen molar-refractivity contribution in [1.29, 1.82) is 0 Å². The van der Waals surface area contributed by atoms with Gasteiger partial charge in [0.1, 0.15) is 0 Å². The molecule has 0 bridgehead atoms. The summed E-state index contributed by atoms with van der Waals surface area (Å²) in [5.74, 6) is 1.45. The summed E-state index contributed by atoms with van der Waals surface area (Å²) in [6.07, 6.45) is 1.53. The molecule has 1 atom stereocenters. The standard InChI is InChI=1S/C13H15O2/c1-3-9-8-12(14)10-6-4-5-7-11(10)13(9)15-2/h4-7,9H,3,8H2,1-2H3/q+1. The van der Waals surface area contributed by atoms with Crippen LogP contribution in [0, 0.1) is 5.92 Å². The molecule has 1 aromatic rings. The van der Waals surface area contributed by atoms with Crippen LogP contribution < -0.4 is 0 Å². The summed E-state index contributed by atoms with van der Waals surface area (Å²) < 4.78 is 5.43. The molecule has 0 heterocycles. The zero-order valence-corrected chi connectivity index (χ0v) is 9.12. The first kappa shape index (κ1) is 10.1. The van der Waals surface area contributed by atoms with Crippen LogP contribution in [0.5, 0.6) is 0 Å². The molecule has 1 unspecified atom stereocenters. The molecule has 0 saturated heterocycles. The Balaban J connectivity index is 2.56. The first-order chi connectivity index (χ1) is 7.27. The Morgan fingerprint density at radius 2 is 2.00 bits per heavy atom. The van der Waals surface area contributed by atoms with Crippen molar-refractivity contribution < 1.29 is 9.22 Å². The summed E-state index contributed by atoms with van der Waals surface area (Å²) in [6, 6.07) is 7.69. The summed E-state index contributed by atoms with van der Waals surface area (Å²) in [5, 5.41) is 0. The summed E-state index contributed by atoms with van der Waals surface area (Å²) in [4.78, 5) is 11.8. The molecule has 0 saturated carbocycles. The highest BCUT2D eigenvalue weighted by Crippen LogP contribution is 2.27. The van der Waals surface area contributed by atoms with Crippen LogP contribution >= 0.6 is 0 Å². The minimum absolute atomic E-state index is 0.234. The molecule has 0 aromatic heterocycles. The van der Waals surface area contributed by atoms with Gasteiger partial charge in [-0.3, -0.25) is 9.22 Å². The second kappa shape index (κ2) is 3.97. The molecule has 0 fully saturated rings. The average Bonchev–Trinajstić information content (AvgIpc) is 2.29. The summed E-state index contributed by atoms with van der Waals surface area (Å²) in [5.41, 5.74) is 1.78. The summed E-state index contributed by atoms with van der Waals surface area (Å²) in [6.45, 7) is 2.09. The lowest BCUT2D eigenvalue weighted by atomic mass is 9.81. The molecular weight excluding hydrogens is 188 g/mol. The van der Waals surface area contributed by atoms with Crippen molar-refractivity contribution in [3.63, 3.8) is 0 Å². The Kier molecular flexibility index (Phi) is 2.67. The van der Waals surface area contributed by atoms with E-state index in [2.05, 4.69) is 6.92 Å². The van der Waals surface area contributed by atoms with Crippen molar-refractivity contribution in [2.75, 3.05) is 7.11 Å². The maximum atomic E-state index is 11.8. The average molecular weight is 203 g/mol. The lowest BCUT2D eigenvalue weighted by Gasteiger charge is -2.17. The van der Waals surface area contributed by atoms with E-state index in [4.69, 9.17) is 4.42 Å². The van der Waals surface area contributed by atoms with Crippen molar-refractivity contribution in [2.45, 2.75) is 19.8 Å². The molecule has 0 aliphatic heterocycles. The number of benzene rings is 1. The van der Waals surface area contributed by atoms with Gasteiger partial charge in [-0.25, -0.2) is 0 Å². The van der Waals surface area contributed by atoms with Crippen LogP contribution in [0.25, 0.3) is 0 Å². The largest absolute Gasteiger partial charge is 0.330 e. The fraction of sp³-hybridized carbons (Fsp3) is 0.385. The first-order valence-corrected chi connectivity index (χ1v) is 5.31. The molecule has 2 rings (SSSR count). The van der Waals surface area contributed by atoms with Crippen LogP contribution in [0.2, 0.25) is 0 Å². The Hall–Kier alpha value is -1.44. The summed E-state index contributed by atoms with van der Waals surface area (Å²) >= 11 is 0. The SMILES string of the molecule is CCC1CC(=O)c2ccccc2C1=[O+]C. The minimum Gasteiger partial charge on any atom is -0.294 e. The van der Waals surface area contributed by atoms with Gasteiger partial charge >= 0.3 is 5.78 Å². The third kappa shape index (κ3) is 1.60. The number of hydrogen-bond donors (Lipinski definition) is 0. The van der Waals surface area contributed by atoms with E-state index < -0.39 is 0 Å². The number of ketones is 2. The van der Waals surface area contributed by atoms with Gasteiger partial charge in [0.15, 0.2) is 5.78 Å². The predicted molar refractivity (Wildman–Crippen MR) is 59.4 cm³/mol. The molecule has 0 amide bonds. The van der Waals surface area contributed by atoms with Gasteiger partial charge in [-0.05, 0) is 12.5 Å². The predicted octanol–water partition coefficient (Wildman–Crippen LogP) is 2.65. The quantitative estimate of drug-likeness (QED) is 0.645. The van der Waals surface area contributed by atoms with E-state index in [-0.39, 0.29) is 11.7 Å². The van der Waals surface area contributed by atoms with Crippen molar-refractivity contribution >= 4 is 11.6 Å². The maximum absolute atomic E-state index is 11.8. The fourth-order valence-corrected chi connectivity index (χ4v) is 2.19. The van der Waals surface area contributed by atoms with Crippen LogP contribution in [-0.4, -0.2) is 18.7 Å². The highest BCUT2D eigenvalue weighted by atomic mass is 16.4. The van der Waals surface area contributed by atoms with E-state index in [1.807, 2.05) is 24.3 Å². The number of fused-ring (bicyclic) bond motifs is 1. The zero-order chi connectivity index (χ0) is 10.8. The smallest absolute Gasteiger partial charge is 0.294 e. The second-order valence-electron chi connectivity index (χ2n) is 3.85. The molecular formula is C13H15O2+. The fourth-order valence-electron chi connectivity index (χ4n) is 2.19. The van der Waals surface area contributed by atoms with E-state index in [0.717, 1.165) is 23.3 Å². The molecule has 1 aliphatic carbocycles. The molecule has 15 heavy (non-hydrogen) atoms. The maximum Gasteiger partial charge on any atom is 0.330 e. The molecule has 0 radical (unpaired) electrons. The van der Waals surface area contributed by atoms with Crippen LogP contribution in [0.3, 0.4) is 0 Å². The van der Waals surface area contributed by atoms with E-state index >= 15 is 0 Å². The van der Waals surface area contributed by atoms with Crippen LogP contribution in [-0.2, 0) is 0 Å². The molecule has 78 valence electrons. The lowest BCUT2D eigenvalue weighted by molar-refractivity contribution is -0.228. The first-order valence-electron chi connectivity index (χ1n) is 5.31. The van der Waals surface area contributed by atoms with Crippen LogP contribution in [0.15, 0.2) is 24.3 Å². The highest BCUT2D eigenvalue weighted by molar-refractivity contribution is 6.14. The Labute approximate surface area is 89.6 Å². The Bertz CT molecular complexity index is 418. The van der Waals surface area contributed by atoms with Gasteiger partial charge in [-0.1, -0.05) is 25.1 Å². The van der Waals surface area contributed by atoms with Gasteiger partial charge in [-0.15, -0.1) is 0 Å². The normalized spacial score (nSPS) is 22.9. The van der Waals surface area contributed by atoms with Gasteiger partial charge < -0.3 is 0 Å².